The summed E-state index contributed by atoms with van der Waals surface area (Å²) in [4.78, 5) is 18.9. The molecule has 1 heterocycles. The standard InChI is InChI=1S/C32H31N3OS/c1-22-10-9-11-23(2)30(22)34-32(36)29(20-21-37-3)35-28-15-8-7-14-27(28)33-31(35)26-18-16-25(17-19-26)24-12-5-4-6-13-24/h4-19,29H,20-21H2,1-3H3,(H,34,36). The molecule has 0 fully saturated rings. The summed E-state index contributed by atoms with van der Waals surface area (Å²) in [6, 6.07) is 32.6. The van der Waals surface area contributed by atoms with E-state index in [1.165, 1.54) is 5.56 Å². The van der Waals surface area contributed by atoms with E-state index >= 15 is 0 Å². The third kappa shape index (κ3) is 5.18. The monoisotopic (exact) mass is 505 g/mol. The van der Waals surface area contributed by atoms with Crippen LogP contribution in [0.15, 0.2) is 97.1 Å². The van der Waals surface area contributed by atoms with E-state index in [4.69, 9.17) is 4.98 Å². The van der Waals surface area contributed by atoms with Gasteiger partial charge in [-0.2, -0.15) is 11.8 Å². The van der Waals surface area contributed by atoms with Crippen LogP contribution in [0.2, 0.25) is 0 Å². The summed E-state index contributed by atoms with van der Waals surface area (Å²) in [5.74, 6) is 1.66. The predicted molar refractivity (Wildman–Crippen MR) is 157 cm³/mol. The first-order valence-electron chi connectivity index (χ1n) is 12.6. The van der Waals surface area contributed by atoms with Gasteiger partial charge in [0, 0.05) is 11.3 Å². The van der Waals surface area contributed by atoms with Gasteiger partial charge in [-0.3, -0.25) is 4.79 Å². The highest BCUT2D eigenvalue weighted by Crippen LogP contribution is 2.33. The molecule has 186 valence electrons. The van der Waals surface area contributed by atoms with Crippen molar-refractivity contribution in [3.8, 4) is 22.5 Å². The van der Waals surface area contributed by atoms with Gasteiger partial charge in [-0.25, -0.2) is 4.98 Å². The van der Waals surface area contributed by atoms with Crippen LogP contribution in [-0.2, 0) is 4.79 Å². The summed E-state index contributed by atoms with van der Waals surface area (Å²) in [7, 11) is 0. The van der Waals surface area contributed by atoms with Crippen molar-refractivity contribution in [2.45, 2.75) is 26.3 Å². The van der Waals surface area contributed by atoms with Crippen LogP contribution in [0.3, 0.4) is 0 Å². The largest absolute Gasteiger partial charge is 0.324 e. The molecule has 1 unspecified atom stereocenters. The van der Waals surface area contributed by atoms with E-state index in [2.05, 4.69) is 58.6 Å². The molecule has 0 bridgehead atoms. The number of benzene rings is 4. The number of rotatable bonds is 8. The van der Waals surface area contributed by atoms with Crippen molar-refractivity contribution in [3.05, 3.63) is 108 Å². The molecule has 37 heavy (non-hydrogen) atoms. The maximum Gasteiger partial charge on any atom is 0.247 e. The lowest BCUT2D eigenvalue weighted by Crippen LogP contribution is -2.28. The number of nitrogens with zero attached hydrogens (tertiary/aromatic N) is 2. The van der Waals surface area contributed by atoms with Gasteiger partial charge >= 0.3 is 0 Å². The van der Waals surface area contributed by atoms with Crippen LogP contribution in [0.4, 0.5) is 5.69 Å². The SMILES string of the molecule is CSCCC(C(=O)Nc1c(C)cccc1C)n1c(-c2ccc(-c3ccccc3)cc2)nc2ccccc21. The number of hydrogen-bond donors (Lipinski definition) is 1. The lowest BCUT2D eigenvalue weighted by Gasteiger charge is -2.22. The summed E-state index contributed by atoms with van der Waals surface area (Å²) in [5, 5.41) is 3.25. The van der Waals surface area contributed by atoms with Gasteiger partial charge in [0.15, 0.2) is 0 Å². The van der Waals surface area contributed by atoms with Crippen LogP contribution >= 0.6 is 11.8 Å². The fraction of sp³-hybridized carbons (Fsp3) is 0.188. The van der Waals surface area contributed by atoms with Gasteiger partial charge in [0.1, 0.15) is 11.9 Å². The Bertz CT molecular complexity index is 1500. The number of aryl methyl sites for hydroxylation is 2. The predicted octanol–water partition coefficient (Wildman–Crippen LogP) is 7.92. The average molecular weight is 506 g/mol. The third-order valence-corrected chi connectivity index (χ3v) is 7.43. The van der Waals surface area contributed by atoms with Crippen molar-refractivity contribution >= 4 is 34.4 Å². The molecule has 5 heteroatoms. The first-order chi connectivity index (χ1) is 18.1. The minimum Gasteiger partial charge on any atom is -0.324 e. The number of imidazole rings is 1. The van der Waals surface area contributed by atoms with Gasteiger partial charge in [0.2, 0.25) is 5.91 Å². The Kier molecular flexibility index (Phi) is 7.42. The van der Waals surface area contributed by atoms with Crippen molar-refractivity contribution in [1.29, 1.82) is 0 Å². The van der Waals surface area contributed by atoms with Crippen molar-refractivity contribution in [1.82, 2.24) is 9.55 Å². The molecular weight excluding hydrogens is 474 g/mol. The molecule has 5 aromatic rings. The molecule has 0 aliphatic carbocycles. The Morgan fingerprint density at radius 2 is 1.43 bits per heavy atom. The second kappa shape index (κ2) is 11.1. The number of aromatic nitrogens is 2. The number of amides is 1. The highest BCUT2D eigenvalue weighted by atomic mass is 32.2. The smallest absolute Gasteiger partial charge is 0.247 e. The minimum atomic E-state index is -0.400. The van der Waals surface area contributed by atoms with E-state index in [0.717, 1.165) is 50.6 Å². The first-order valence-corrected chi connectivity index (χ1v) is 13.9. The Balaban J connectivity index is 1.59. The van der Waals surface area contributed by atoms with E-state index in [-0.39, 0.29) is 5.91 Å². The van der Waals surface area contributed by atoms with E-state index in [9.17, 15) is 4.79 Å². The molecule has 1 atom stereocenters. The zero-order valence-corrected chi connectivity index (χ0v) is 22.3. The number of carbonyl (C=O) groups excluding carboxylic acids is 1. The van der Waals surface area contributed by atoms with Crippen LogP contribution in [0.5, 0.6) is 0 Å². The summed E-state index contributed by atoms with van der Waals surface area (Å²) in [6.07, 6.45) is 2.78. The molecule has 0 saturated heterocycles. The van der Waals surface area contributed by atoms with Crippen LogP contribution in [0.1, 0.15) is 23.6 Å². The lowest BCUT2D eigenvalue weighted by atomic mass is 10.0. The summed E-state index contributed by atoms with van der Waals surface area (Å²) in [5.41, 5.74) is 8.18. The van der Waals surface area contributed by atoms with Crippen molar-refractivity contribution in [2.24, 2.45) is 0 Å². The number of fused-ring (bicyclic) bond motifs is 1. The van der Waals surface area contributed by atoms with Crippen molar-refractivity contribution < 1.29 is 4.79 Å². The number of hydrogen-bond acceptors (Lipinski definition) is 3. The van der Waals surface area contributed by atoms with E-state index < -0.39 is 6.04 Å². The fourth-order valence-electron chi connectivity index (χ4n) is 4.83. The fourth-order valence-corrected chi connectivity index (χ4v) is 5.29. The highest BCUT2D eigenvalue weighted by Gasteiger charge is 2.27. The topological polar surface area (TPSA) is 46.9 Å². The van der Waals surface area contributed by atoms with Gasteiger partial charge < -0.3 is 9.88 Å². The summed E-state index contributed by atoms with van der Waals surface area (Å²) >= 11 is 1.75. The second-order valence-corrected chi connectivity index (χ2v) is 10.3. The Morgan fingerprint density at radius 1 is 0.811 bits per heavy atom. The molecule has 1 amide bonds. The molecule has 0 saturated carbocycles. The molecule has 0 spiro atoms. The van der Waals surface area contributed by atoms with Gasteiger partial charge in [0.05, 0.1) is 11.0 Å². The maximum absolute atomic E-state index is 13.9. The van der Waals surface area contributed by atoms with Gasteiger partial charge in [0.25, 0.3) is 0 Å². The normalized spacial score (nSPS) is 12.0. The highest BCUT2D eigenvalue weighted by molar-refractivity contribution is 7.98. The molecule has 0 aliphatic heterocycles. The van der Waals surface area contributed by atoms with Crippen LogP contribution in [-0.4, -0.2) is 27.5 Å². The Morgan fingerprint density at radius 3 is 2.14 bits per heavy atom. The second-order valence-electron chi connectivity index (χ2n) is 9.29. The van der Waals surface area contributed by atoms with Crippen LogP contribution in [0.25, 0.3) is 33.5 Å². The number of para-hydroxylation sites is 3. The number of nitrogens with one attached hydrogen (secondary N) is 1. The van der Waals surface area contributed by atoms with Gasteiger partial charge in [-0.1, -0.05) is 84.9 Å². The van der Waals surface area contributed by atoms with E-state index in [1.54, 1.807) is 11.8 Å². The first kappa shape index (κ1) is 24.8. The van der Waals surface area contributed by atoms with Crippen LogP contribution < -0.4 is 5.32 Å². The van der Waals surface area contributed by atoms with Crippen molar-refractivity contribution in [2.75, 3.05) is 17.3 Å². The third-order valence-electron chi connectivity index (χ3n) is 6.79. The molecule has 4 nitrogen and oxygen atoms in total. The Labute approximate surface area is 222 Å². The number of anilines is 1. The molecule has 4 aromatic carbocycles. The zero-order chi connectivity index (χ0) is 25.8. The van der Waals surface area contributed by atoms with E-state index in [1.807, 2.05) is 68.4 Å². The lowest BCUT2D eigenvalue weighted by molar-refractivity contribution is -0.119. The summed E-state index contributed by atoms with van der Waals surface area (Å²) < 4.78 is 2.13. The number of carbonyl (C=O) groups is 1. The zero-order valence-electron chi connectivity index (χ0n) is 21.4. The summed E-state index contributed by atoms with van der Waals surface area (Å²) in [6.45, 7) is 4.07. The minimum absolute atomic E-state index is 0.0169. The molecule has 0 aliphatic rings. The molecule has 0 radical (unpaired) electrons. The average Bonchev–Trinajstić information content (AvgIpc) is 3.31. The van der Waals surface area contributed by atoms with E-state index in [0.29, 0.717) is 6.42 Å². The number of thioether (sulfide) groups is 1. The maximum atomic E-state index is 13.9. The molecule has 1 aromatic heterocycles. The molecule has 5 rings (SSSR count). The van der Waals surface area contributed by atoms with Gasteiger partial charge in [-0.15, -0.1) is 0 Å². The quantitative estimate of drug-likeness (QED) is 0.233. The molecular formula is C32H31N3OS. The Hall–Kier alpha value is -3.83. The van der Waals surface area contributed by atoms with Crippen molar-refractivity contribution in [3.63, 3.8) is 0 Å². The molecule has 1 N–H and O–H groups in total. The van der Waals surface area contributed by atoms with Crippen LogP contribution in [0, 0.1) is 13.8 Å². The van der Waals surface area contributed by atoms with Gasteiger partial charge in [-0.05, 0) is 66.7 Å².